The molecule has 0 spiro atoms. The van der Waals surface area contributed by atoms with Crippen LogP contribution in [0, 0.1) is 5.92 Å². The van der Waals surface area contributed by atoms with Crippen LogP contribution < -0.4 is 5.32 Å². The first kappa shape index (κ1) is 28.4. The number of carbonyl (C=O) groups excluding carboxylic acids is 1. The highest BCUT2D eigenvalue weighted by atomic mass is 35.5. The molecule has 2 atom stereocenters. The number of morpholine rings is 1. The number of rotatable bonds is 6. The van der Waals surface area contributed by atoms with Gasteiger partial charge in [-0.2, -0.15) is 0 Å². The molecule has 2 unspecified atom stereocenters. The zero-order valence-corrected chi connectivity index (χ0v) is 18.9. The average molecular weight is 436 g/mol. The van der Waals surface area contributed by atoms with Crippen LogP contribution in [0.3, 0.4) is 0 Å². The Balaban J connectivity index is 0. The molecule has 0 aromatic carbocycles. The molecule has 2 saturated heterocycles. The first-order valence-corrected chi connectivity index (χ1v) is 9.02. The van der Waals surface area contributed by atoms with E-state index < -0.39 is 0 Å². The van der Waals surface area contributed by atoms with Crippen LogP contribution in [0.15, 0.2) is 0 Å². The molecular formula is C17H37Cl3N4O2. The largest absolute Gasteiger partial charge is 0.374 e. The van der Waals surface area contributed by atoms with E-state index in [0.717, 1.165) is 59.0 Å². The Morgan fingerprint density at radius 3 is 2.23 bits per heavy atom. The SMILES string of the molecule is CNCC(C)C(=O)N1CCN(CC2CN(C(C)C)CCO2)CC1.Cl.Cl.Cl. The summed E-state index contributed by atoms with van der Waals surface area (Å²) in [6, 6.07) is 0.588. The average Bonchev–Trinajstić information content (AvgIpc) is 2.55. The van der Waals surface area contributed by atoms with Crippen molar-refractivity contribution >= 4 is 43.1 Å². The van der Waals surface area contributed by atoms with E-state index in [1.807, 2.05) is 18.9 Å². The lowest BCUT2D eigenvalue weighted by atomic mass is 10.1. The van der Waals surface area contributed by atoms with E-state index in [0.29, 0.717) is 12.1 Å². The summed E-state index contributed by atoms with van der Waals surface area (Å²) in [4.78, 5) is 19.3. The summed E-state index contributed by atoms with van der Waals surface area (Å²) in [5, 5.41) is 3.08. The van der Waals surface area contributed by atoms with Crippen molar-refractivity contribution in [2.24, 2.45) is 5.92 Å². The number of nitrogens with zero attached hydrogens (tertiary/aromatic N) is 3. The Bertz CT molecular complexity index is 383. The maximum Gasteiger partial charge on any atom is 0.226 e. The maximum absolute atomic E-state index is 12.3. The van der Waals surface area contributed by atoms with Crippen LogP contribution in [0.5, 0.6) is 0 Å². The molecule has 6 nitrogen and oxygen atoms in total. The Hall–Kier alpha value is 0.180. The van der Waals surface area contributed by atoms with E-state index in [-0.39, 0.29) is 49.0 Å². The van der Waals surface area contributed by atoms with E-state index in [9.17, 15) is 4.79 Å². The summed E-state index contributed by atoms with van der Waals surface area (Å²) in [7, 11) is 1.90. The lowest BCUT2D eigenvalue weighted by Crippen LogP contribution is -2.55. The molecule has 2 aliphatic rings. The van der Waals surface area contributed by atoms with Gasteiger partial charge in [-0.25, -0.2) is 0 Å². The maximum atomic E-state index is 12.3. The van der Waals surface area contributed by atoms with E-state index >= 15 is 0 Å². The number of halogens is 3. The normalized spacial score (nSPS) is 22.8. The molecule has 2 heterocycles. The van der Waals surface area contributed by atoms with Gasteiger partial charge in [0.1, 0.15) is 0 Å². The molecule has 1 amide bonds. The van der Waals surface area contributed by atoms with Crippen LogP contribution in [-0.2, 0) is 9.53 Å². The summed E-state index contributed by atoms with van der Waals surface area (Å²) >= 11 is 0. The zero-order chi connectivity index (χ0) is 16.8. The fraction of sp³-hybridized carbons (Fsp3) is 0.941. The van der Waals surface area contributed by atoms with Gasteiger partial charge in [0, 0.05) is 64.3 Å². The van der Waals surface area contributed by atoms with Crippen LogP contribution in [0.4, 0.5) is 0 Å². The molecule has 0 saturated carbocycles. The van der Waals surface area contributed by atoms with Crippen molar-refractivity contribution in [2.75, 3.05) is 66.0 Å². The predicted octanol–water partition coefficient (Wildman–Crippen LogP) is 1.36. The molecule has 0 aromatic heterocycles. The molecule has 2 rings (SSSR count). The van der Waals surface area contributed by atoms with Crippen molar-refractivity contribution in [3.8, 4) is 0 Å². The van der Waals surface area contributed by atoms with Crippen molar-refractivity contribution in [3.05, 3.63) is 0 Å². The Morgan fingerprint density at radius 2 is 1.69 bits per heavy atom. The fourth-order valence-corrected chi connectivity index (χ4v) is 3.47. The molecule has 2 fully saturated rings. The van der Waals surface area contributed by atoms with E-state index in [2.05, 4.69) is 29.0 Å². The van der Waals surface area contributed by atoms with Gasteiger partial charge in [-0.15, -0.1) is 37.2 Å². The molecule has 158 valence electrons. The van der Waals surface area contributed by atoms with Gasteiger partial charge in [0.05, 0.1) is 12.7 Å². The molecular weight excluding hydrogens is 399 g/mol. The van der Waals surface area contributed by atoms with Crippen LogP contribution in [0.1, 0.15) is 20.8 Å². The van der Waals surface area contributed by atoms with Crippen molar-refractivity contribution in [3.63, 3.8) is 0 Å². The van der Waals surface area contributed by atoms with Crippen LogP contribution in [-0.4, -0.2) is 98.8 Å². The minimum Gasteiger partial charge on any atom is -0.374 e. The standard InChI is InChI=1S/C17H34N4O2.3ClH/c1-14(2)21-9-10-23-16(13-21)12-19-5-7-20(8-6-19)17(22)15(3)11-18-4;;;/h14-16,18H,5-13H2,1-4H3;3*1H. The fourth-order valence-electron chi connectivity index (χ4n) is 3.47. The van der Waals surface area contributed by atoms with Gasteiger partial charge in [-0.3, -0.25) is 14.6 Å². The molecule has 2 aliphatic heterocycles. The molecule has 0 bridgehead atoms. The second-order valence-electron chi connectivity index (χ2n) is 7.17. The van der Waals surface area contributed by atoms with Crippen molar-refractivity contribution in [1.82, 2.24) is 20.0 Å². The minimum atomic E-state index is 0. The summed E-state index contributed by atoms with van der Waals surface area (Å²) in [5.41, 5.74) is 0. The number of hydrogen-bond acceptors (Lipinski definition) is 5. The zero-order valence-electron chi connectivity index (χ0n) is 16.5. The Kier molecular flexibility index (Phi) is 15.5. The first-order chi connectivity index (χ1) is 11.0. The molecule has 0 aromatic rings. The molecule has 0 radical (unpaired) electrons. The van der Waals surface area contributed by atoms with Gasteiger partial charge in [-0.05, 0) is 20.9 Å². The lowest BCUT2D eigenvalue weighted by Gasteiger charge is -2.40. The number of amides is 1. The van der Waals surface area contributed by atoms with E-state index in [1.54, 1.807) is 0 Å². The number of hydrogen-bond donors (Lipinski definition) is 1. The predicted molar refractivity (Wildman–Crippen MR) is 114 cm³/mol. The molecule has 26 heavy (non-hydrogen) atoms. The summed E-state index contributed by atoms with van der Waals surface area (Å²) in [5.74, 6) is 0.340. The molecule has 9 heteroatoms. The Labute approximate surface area is 177 Å². The van der Waals surface area contributed by atoms with Gasteiger partial charge >= 0.3 is 0 Å². The number of piperazine rings is 1. The van der Waals surface area contributed by atoms with Gasteiger partial charge in [0.25, 0.3) is 0 Å². The summed E-state index contributed by atoms with van der Waals surface area (Å²) in [6.07, 6.45) is 0.302. The van der Waals surface area contributed by atoms with Crippen LogP contribution >= 0.6 is 37.2 Å². The summed E-state index contributed by atoms with van der Waals surface area (Å²) in [6.45, 7) is 14.7. The van der Waals surface area contributed by atoms with E-state index in [4.69, 9.17) is 4.74 Å². The van der Waals surface area contributed by atoms with Gasteiger partial charge in [0.15, 0.2) is 0 Å². The first-order valence-electron chi connectivity index (χ1n) is 9.02. The van der Waals surface area contributed by atoms with Crippen molar-refractivity contribution in [2.45, 2.75) is 32.9 Å². The van der Waals surface area contributed by atoms with Gasteiger partial charge in [0.2, 0.25) is 5.91 Å². The lowest BCUT2D eigenvalue weighted by molar-refractivity contribution is -0.137. The second-order valence-corrected chi connectivity index (χ2v) is 7.17. The number of carbonyl (C=O) groups is 1. The van der Waals surface area contributed by atoms with Gasteiger partial charge in [-0.1, -0.05) is 6.92 Å². The van der Waals surface area contributed by atoms with Crippen LogP contribution in [0.25, 0.3) is 0 Å². The minimum absolute atomic E-state index is 0. The monoisotopic (exact) mass is 434 g/mol. The third-order valence-corrected chi connectivity index (χ3v) is 4.98. The topological polar surface area (TPSA) is 48.1 Å². The highest BCUT2D eigenvalue weighted by molar-refractivity contribution is 5.86. The third-order valence-electron chi connectivity index (χ3n) is 4.98. The smallest absolute Gasteiger partial charge is 0.226 e. The van der Waals surface area contributed by atoms with Crippen molar-refractivity contribution < 1.29 is 9.53 Å². The van der Waals surface area contributed by atoms with Gasteiger partial charge < -0.3 is 15.0 Å². The van der Waals surface area contributed by atoms with E-state index in [1.165, 1.54) is 0 Å². The highest BCUT2D eigenvalue weighted by Crippen LogP contribution is 2.12. The van der Waals surface area contributed by atoms with Crippen molar-refractivity contribution in [1.29, 1.82) is 0 Å². The number of nitrogens with one attached hydrogen (secondary N) is 1. The third kappa shape index (κ3) is 8.46. The second kappa shape index (κ2) is 14.2. The Morgan fingerprint density at radius 1 is 1.08 bits per heavy atom. The highest BCUT2D eigenvalue weighted by Gasteiger charge is 2.28. The summed E-state index contributed by atoms with van der Waals surface area (Å²) < 4.78 is 5.93. The quantitative estimate of drug-likeness (QED) is 0.682. The number of ether oxygens (including phenoxy) is 1. The van der Waals surface area contributed by atoms with Crippen LogP contribution in [0.2, 0.25) is 0 Å². The molecule has 1 N–H and O–H groups in total. The molecule has 0 aliphatic carbocycles.